The average Bonchev–Trinajstić information content (AvgIpc) is 2.21. The van der Waals surface area contributed by atoms with E-state index in [1.54, 1.807) is 0 Å². The van der Waals surface area contributed by atoms with Crippen molar-refractivity contribution < 1.29 is 22.2 Å². The van der Waals surface area contributed by atoms with E-state index in [1.165, 1.54) is 38.5 Å². The molecule has 0 aromatic heterocycles. The van der Waals surface area contributed by atoms with E-state index in [4.69, 9.17) is 0 Å². The molecular weight excluding hydrogens is 236 g/mol. The van der Waals surface area contributed by atoms with Crippen molar-refractivity contribution in [2.24, 2.45) is 5.92 Å². The molecule has 0 aliphatic heterocycles. The van der Waals surface area contributed by atoms with E-state index in [-0.39, 0.29) is 23.2 Å². The minimum atomic E-state index is -0.0447. The van der Waals surface area contributed by atoms with Gasteiger partial charge >= 0.3 is 0 Å². The van der Waals surface area contributed by atoms with E-state index in [0.29, 0.717) is 0 Å². The third kappa shape index (κ3) is 10.8. The molecular formula is C13H28CuO. The fourth-order valence-corrected chi connectivity index (χ4v) is 1.92. The number of hydrogen-bond acceptors (Lipinski definition) is 1. The molecule has 1 N–H and O–H groups in total. The van der Waals surface area contributed by atoms with Crippen LogP contribution in [0.25, 0.3) is 0 Å². The summed E-state index contributed by atoms with van der Waals surface area (Å²) in [6, 6.07) is 0. The molecule has 2 unspecified atom stereocenters. The molecule has 0 saturated heterocycles. The molecule has 0 saturated carbocycles. The van der Waals surface area contributed by atoms with Crippen molar-refractivity contribution in [3.63, 3.8) is 0 Å². The molecule has 0 aliphatic rings. The van der Waals surface area contributed by atoms with Crippen molar-refractivity contribution >= 4 is 0 Å². The van der Waals surface area contributed by atoms with Gasteiger partial charge in [-0.2, -0.15) is 0 Å². The van der Waals surface area contributed by atoms with Crippen LogP contribution in [0.1, 0.15) is 72.1 Å². The first-order valence-electron chi connectivity index (χ1n) is 6.42. The Bertz CT molecular complexity index is 117. The van der Waals surface area contributed by atoms with E-state index in [0.717, 1.165) is 18.8 Å². The molecule has 97 valence electrons. The van der Waals surface area contributed by atoms with Crippen LogP contribution >= 0.6 is 0 Å². The molecule has 0 bridgehead atoms. The van der Waals surface area contributed by atoms with Gasteiger partial charge in [-0.1, -0.05) is 59.3 Å². The molecule has 0 rings (SSSR count). The largest absolute Gasteiger partial charge is 0.393 e. The van der Waals surface area contributed by atoms with Gasteiger partial charge in [-0.25, -0.2) is 0 Å². The normalized spacial score (nSPS) is 14.4. The zero-order valence-corrected chi connectivity index (χ0v) is 11.5. The van der Waals surface area contributed by atoms with Crippen LogP contribution < -0.4 is 0 Å². The number of aliphatic hydroxyl groups is 1. The van der Waals surface area contributed by atoms with E-state index in [9.17, 15) is 5.11 Å². The third-order valence-electron chi connectivity index (χ3n) is 3.04. The van der Waals surface area contributed by atoms with Gasteiger partial charge in [0.1, 0.15) is 0 Å². The summed E-state index contributed by atoms with van der Waals surface area (Å²) in [6.45, 7) is 6.66. The zero-order chi connectivity index (χ0) is 10.8. The van der Waals surface area contributed by atoms with Gasteiger partial charge in [0.15, 0.2) is 0 Å². The molecule has 2 atom stereocenters. The summed E-state index contributed by atoms with van der Waals surface area (Å²) in [5.41, 5.74) is 0. The maximum Gasteiger partial charge on any atom is 0.0542 e. The fourth-order valence-electron chi connectivity index (χ4n) is 1.92. The van der Waals surface area contributed by atoms with E-state index < -0.39 is 0 Å². The minimum Gasteiger partial charge on any atom is -0.393 e. The molecule has 0 spiro atoms. The van der Waals surface area contributed by atoms with Gasteiger partial charge in [-0.15, -0.1) is 0 Å². The van der Waals surface area contributed by atoms with Gasteiger partial charge in [0, 0.05) is 17.1 Å². The monoisotopic (exact) mass is 263 g/mol. The van der Waals surface area contributed by atoms with E-state index >= 15 is 0 Å². The SMILES string of the molecule is CCCCC(O)CC(CC)CCCC.[Cu]. The summed E-state index contributed by atoms with van der Waals surface area (Å²) in [6.07, 6.45) is 9.47. The third-order valence-corrected chi connectivity index (χ3v) is 3.04. The Hall–Kier alpha value is 0.479. The molecule has 0 heterocycles. The Balaban J connectivity index is 0. The Morgan fingerprint density at radius 1 is 0.933 bits per heavy atom. The molecule has 2 heteroatoms. The van der Waals surface area contributed by atoms with E-state index in [1.807, 2.05) is 0 Å². The minimum absolute atomic E-state index is 0. The van der Waals surface area contributed by atoms with Crippen LogP contribution in [-0.4, -0.2) is 11.2 Å². The van der Waals surface area contributed by atoms with Crippen molar-refractivity contribution in [2.75, 3.05) is 0 Å². The Labute approximate surface area is 107 Å². The second-order valence-electron chi connectivity index (χ2n) is 4.45. The summed E-state index contributed by atoms with van der Waals surface area (Å²) in [5.74, 6) is 0.752. The standard InChI is InChI=1S/C13H28O.Cu/c1-4-7-9-12(6-3)11-13(14)10-8-5-2;/h12-14H,4-11H2,1-3H3;. The van der Waals surface area contributed by atoms with Gasteiger partial charge in [0.25, 0.3) is 0 Å². The maximum atomic E-state index is 9.78. The summed E-state index contributed by atoms with van der Waals surface area (Å²) in [7, 11) is 0. The van der Waals surface area contributed by atoms with Gasteiger partial charge in [0.2, 0.25) is 0 Å². The first kappa shape index (κ1) is 17.9. The average molecular weight is 264 g/mol. The summed E-state index contributed by atoms with van der Waals surface area (Å²) >= 11 is 0. The van der Waals surface area contributed by atoms with Crippen LogP contribution in [0, 0.1) is 5.92 Å². The van der Waals surface area contributed by atoms with E-state index in [2.05, 4.69) is 20.8 Å². The van der Waals surface area contributed by atoms with Crippen LogP contribution in [-0.2, 0) is 17.1 Å². The fraction of sp³-hybridized carbons (Fsp3) is 1.00. The van der Waals surface area contributed by atoms with Gasteiger partial charge in [-0.3, -0.25) is 0 Å². The second kappa shape index (κ2) is 12.5. The zero-order valence-electron chi connectivity index (χ0n) is 10.6. The molecule has 15 heavy (non-hydrogen) atoms. The van der Waals surface area contributed by atoms with Crippen molar-refractivity contribution in [1.29, 1.82) is 0 Å². The Kier molecular flexibility index (Phi) is 14.9. The van der Waals surface area contributed by atoms with Crippen LogP contribution in [0.4, 0.5) is 0 Å². The van der Waals surface area contributed by atoms with Gasteiger partial charge in [0.05, 0.1) is 6.10 Å². The first-order valence-corrected chi connectivity index (χ1v) is 6.42. The molecule has 0 fully saturated rings. The summed E-state index contributed by atoms with van der Waals surface area (Å²) in [4.78, 5) is 0. The smallest absolute Gasteiger partial charge is 0.0542 e. The quantitative estimate of drug-likeness (QED) is 0.620. The van der Waals surface area contributed by atoms with Gasteiger partial charge < -0.3 is 5.11 Å². The Morgan fingerprint density at radius 3 is 1.93 bits per heavy atom. The van der Waals surface area contributed by atoms with Crippen LogP contribution in [0.3, 0.4) is 0 Å². The molecule has 1 nitrogen and oxygen atoms in total. The topological polar surface area (TPSA) is 20.2 Å². The number of rotatable bonds is 9. The van der Waals surface area contributed by atoms with Crippen molar-refractivity contribution in [1.82, 2.24) is 0 Å². The van der Waals surface area contributed by atoms with Crippen molar-refractivity contribution in [3.8, 4) is 0 Å². The molecule has 1 radical (unpaired) electrons. The van der Waals surface area contributed by atoms with Crippen LogP contribution in [0.15, 0.2) is 0 Å². The number of hydrogen-bond donors (Lipinski definition) is 1. The van der Waals surface area contributed by atoms with Crippen LogP contribution in [0.5, 0.6) is 0 Å². The first-order chi connectivity index (χ1) is 6.74. The Morgan fingerprint density at radius 2 is 1.47 bits per heavy atom. The number of unbranched alkanes of at least 4 members (excludes halogenated alkanes) is 2. The molecule has 0 aromatic carbocycles. The van der Waals surface area contributed by atoms with Crippen molar-refractivity contribution in [3.05, 3.63) is 0 Å². The summed E-state index contributed by atoms with van der Waals surface area (Å²) in [5, 5.41) is 9.78. The van der Waals surface area contributed by atoms with Gasteiger partial charge in [-0.05, 0) is 18.8 Å². The predicted octanol–water partition coefficient (Wildman–Crippen LogP) is 4.14. The molecule has 0 aliphatic carbocycles. The number of aliphatic hydroxyl groups excluding tert-OH is 1. The molecule has 0 aromatic rings. The maximum absolute atomic E-state index is 9.78. The van der Waals surface area contributed by atoms with Crippen molar-refractivity contribution in [2.45, 2.75) is 78.2 Å². The summed E-state index contributed by atoms with van der Waals surface area (Å²) < 4.78 is 0. The molecule has 0 amide bonds. The second-order valence-corrected chi connectivity index (χ2v) is 4.45. The van der Waals surface area contributed by atoms with Crippen LogP contribution in [0.2, 0.25) is 0 Å². The predicted molar refractivity (Wildman–Crippen MR) is 63.5 cm³/mol.